The highest BCUT2D eigenvalue weighted by Gasteiger charge is 2.22. The minimum atomic E-state index is -0.318. The number of thiophene rings is 1. The number of thiocarbonyl (C=S) groups is 1. The van der Waals surface area contributed by atoms with E-state index in [2.05, 4.69) is 22.0 Å². The smallest absolute Gasteiger partial charge is 0.238 e. The highest BCUT2D eigenvalue weighted by molar-refractivity contribution is 8.00. The third kappa shape index (κ3) is 6.98. The highest BCUT2D eigenvalue weighted by atomic mass is 32.2. The van der Waals surface area contributed by atoms with E-state index in [1.807, 2.05) is 98.1 Å². The SMILES string of the molecule is CCC(Sc1cccc(NC(=S)Nc2ccccc2)c1)C(=O)Nc1scc(-c2ccc(C)cc2)c1C#N. The Morgan fingerprint density at radius 1 is 1.00 bits per heavy atom. The minimum Gasteiger partial charge on any atom is -0.332 e. The number of aryl methyl sites for hydroxylation is 1. The van der Waals surface area contributed by atoms with Crippen molar-refractivity contribution in [3.63, 3.8) is 0 Å². The van der Waals surface area contributed by atoms with E-state index in [4.69, 9.17) is 12.2 Å². The summed E-state index contributed by atoms with van der Waals surface area (Å²) in [5.41, 5.74) is 5.19. The molecular weight excluding hydrogens is 517 g/mol. The number of thioether (sulfide) groups is 1. The summed E-state index contributed by atoms with van der Waals surface area (Å²) < 4.78 is 0. The van der Waals surface area contributed by atoms with Gasteiger partial charge in [0.1, 0.15) is 11.1 Å². The van der Waals surface area contributed by atoms with Crippen molar-refractivity contribution in [3.05, 3.63) is 95.4 Å². The molecule has 5 nitrogen and oxygen atoms in total. The number of nitriles is 1. The third-order valence-electron chi connectivity index (χ3n) is 5.57. The summed E-state index contributed by atoms with van der Waals surface area (Å²) in [6, 6.07) is 27.8. The first kappa shape index (κ1) is 26.4. The molecule has 0 bridgehead atoms. The fraction of sp³-hybridized carbons (Fsp3) is 0.138. The van der Waals surface area contributed by atoms with Gasteiger partial charge in [-0.05, 0) is 61.5 Å². The summed E-state index contributed by atoms with van der Waals surface area (Å²) in [5, 5.41) is 21.9. The van der Waals surface area contributed by atoms with E-state index in [1.165, 1.54) is 23.1 Å². The summed E-state index contributed by atoms with van der Waals surface area (Å²) in [7, 11) is 0. The van der Waals surface area contributed by atoms with Gasteiger partial charge in [-0.3, -0.25) is 4.79 Å². The van der Waals surface area contributed by atoms with Gasteiger partial charge in [0.25, 0.3) is 0 Å². The van der Waals surface area contributed by atoms with Crippen LogP contribution in [0.2, 0.25) is 0 Å². The van der Waals surface area contributed by atoms with Crippen LogP contribution in [0.3, 0.4) is 0 Å². The zero-order valence-corrected chi connectivity index (χ0v) is 22.9. The molecule has 37 heavy (non-hydrogen) atoms. The molecule has 0 spiro atoms. The van der Waals surface area contributed by atoms with Crippen LogP contribution in [0, 0.1) is 18.3 Å². The number of carbonyl (C=O) groups excluding carboxylic acids is 1. The van der Waals surface area contributed by atoms with Crippen molar-refractivity contribution < 1.29 is 4.79 Å². The maximum absolute atomic E-state index is 13.2. The van der Waals surface area contributed by atoms with Crippen LogP contribution in [0.15, 0.2) is 89.1 Å². The fourth-order valence-electron chi connectivity index (χ4n) is 3.65. The van der Waals surface area contributed by atoms with Crippen LogP contribution in [-0.2, 0) is 4.79 Å². The predicted octanol–water partition coefficient (Wildman–Crippen LogP) is 7.91. The monoisotopic (exact) mass is 542 g/mol. The Morgan fingerprint density at radius 3 is 2.41 bits per heavy atom. The van der Waals surface area contributed by atoms with Crippen LogP contribution in [0.1, 0.15) is 24.5 Å². The van der Waals surface area contributed by atoms with Crippen LogP contribution < -0.4 is 16.0 Å². The van der Waals surface area contributed by atoms with Crippen molar-refractivity contribution in [1.82, 2.24) is 0 Å². The molecule has 1 aromatic heterocycles. The molecule has 0 radical (unpaired) electrons. The largest absolute Gasteiger partial charge is 0.332 e. The van der Waals surface area contributed by atoms with Crippen LogP contribution in [0.25, 0.3) is 11.1 Å². The molecule has 0 saturated heterocycles. The lowest BCUT2D eigenvalue weighted by molar-refractivity contribution is -0.115. The second-order valence-electron chi connectivity index (χ2n) is 8.31. The van der Waals surface area contributed by atoms with E-state index in [9.17, 15) is 10.1 Å². The zero-order valence-electron chi connectivity index (χ0n) is 20.4. The number of anilines is 3. The number of para-hydroxylation sites is 1. The minimum absolute atomic E-state index is 0.124. The molecule has 3 N–H and O–H groups in total. The number of nitrogens with one attached hydrogen (secondary N) is 3. The van der Waals surface area contributed by atoms with Gasteiger partial charge in [0.15, 0.2) is 5.11 Å². The molecule has 186 valence electrons. The molecule has 4 aromatic rings. The Kier molecular flexibility index (Phi) is 8.96. The Hall–Kier alpha value is -3.64. The molecule has 1 heterocycles. The number of nitrogens with zero attached hydrogens (tertiary/aromatic N) is 1. The average molecular weight is 543 g/mol. The summed E-state index contributed by atoms with van der Waals surface area (Å²) in [4.78, 5) is 14.1. The third-order valence-corrected chi connectivity index (χ3v) is 8.02. The second kappa shape index (κ2) is 12.5. The van der Waals surface area contributed by atoms with Crippen molar-refractivity contribution in [2.45, 2.75) is 30.4 Å². The molecule has 0 aliphatic heterocycles. The Balaban J connectivity index is 1.42. The maximum Gasteiger partial charge on any atom is 0.238 e. The van der Waals surface area contributed by atoms with Crippen LogP contribution in [0.4, 0.5) is 16.4 Å². The van der Waals surface area contributed by atoms with Crippen LogP contribution in [-0.4, -0.2) is 16.3 Å². The molecule has 1 amide bonds. The molecule has 1 unspecified atom stereocenters. The molecule has 0 saturated carbocycles. The van der Waals surface area contributed by atoms with Gasteiger partial charge in [0.05, 0.1) is 10.8 Å². The summed E-state index contributed by atoms with van der Waals surface area (Å²) in [5.74, 6) is -0.124. The summed E-state index contributed by atoms with van der Waals surface area (Å²) in [6.45, 7) is 4.01. The summed E-state index contributed by atoms with van der Waals surface area (Å²) >= 11 is 8.30. The molecule has 4 rings (SSSR count). The van der Waals surface area contributed by atoms with Gasteiger partial charge in [-0.2, -0.15) is 5.26 Å². The normalized spacial score (nSPS) is 11.3. The Bertz CT molecular complexity index is 1430. The lowest BCUT2D eigenvalue weighted by Crippen LogP contribution is -2.24. The van der Waals surface area contributed by atoms with E-state index in [0.29, 0.717) is 22.1 Å². The van der Waals surface area contributed by atoms with Gasteiger partial charge in [-0.1, -0.05) is 61.0 Å². The average Bonchev–Trinajstić information content (AvgIpc) is 3.30. The lowest BCUT2D eigenvalue weighted by Gasteiger charge is -2.16. The number of benzene rings is 3. The lowest BCUT2D eigenvalue weighted by atomic mass is 10.0. The number of carbonyl (C=O) groups is 1. The Labute approximate surface area is 230 Å². The highest BCUT2D eigenvalue weighted by Crippen LogP contribution is 2.36. The van der Waals surface area contributed by atoms with Crippen molar-refractivity contribution in [2.24, 2.45) is 0 Å². The van der Waals surface area contributed by atoms with E-state index in [0.717, 1.165) is 33.0 Å². The Morgan fingerprint density at radius 2 is 1.70 bits per heavy atom. The van der Waals surface area contributed by atoms with E-state index < -0.39 is 0 Å². The molecular formula is C29H26N4OS3. The van der Waals surface area contributed by atoms with Gasteiger partial charge < -0.3 is 16.0 Å². The fourth-order valence-corrected chi connectivity index (χ4v) is 5.82. The molecule has 1 atom stereocenters. The number of hydrogen-bond donors (Lipinski definition) is 3. The van der Waals surface area contributed by atoms with Crippen molar-refractivity contribution in [3.8, 4) is 17.2 Å². The standard InChI is InChI=1S/C29H26N4OS3/c1-3-26(27(34)33-28-24(17-30)25(18-36-28)20-14-12-19(2)13-15-20)37-23-11-7-10-22(16-23)32-29(35)31-21-8-5-4-6-9-21/h4-16,18,26H,3H2,1-2H3,(H,33,34)(H2,31,32,35). The van der Waals surface area contributed by atoms with Gasteiger partial charge in [0.2, 0.25) is 5.91 Å². The molecule has 0 aliphatic rings. The van der Waals surface area contributed by atoms with Crippen LogP contribution >= 0.6 is 35.3 Å². The summed E-state index contributed by atoms with van der Waals surface area (Å²) in [6.07, 6.45) is 0.639. The first-order valence-corrected chi connectivity index (χ1v) is 13.9. The van der Waals surface area contributed by atoms with E-state index in [-0.39, 0.29) is 11.2 Å². The topological polar surface area (TPSA) is 76.9 Å². The number of rotatable bonds is 8. The number of hydrogen-bond acceptors (Lipinski definition) is 5. The van der Waals surface area contributed by atoms with E-state index >= 15 is 0 Å². The van der Waals surface area contributed by atoms with Gasteiger partial charge in [0, 0.05) is 27.2 Å². The molecule has 0 fully saturated rings. The van der Waals surface area contributed by atoms with E-state index in [1.54, 1.807) is 0 Å². The first-order valence-electron chi connectivity index (χ1n) is 11.8. The molecule has 3 aromatic carbocycles. The zero-order chi connectivity index (χ0) is 26.2. The second-order valence-corrected chi connectivity index (χ2v) is 10.9. The van der Waals surface area contributed by atoms with Gasteiger partial charge >= 0.3 is 0 Å². The number of amides is 1. The van der Waals surface area contributed by atoms with Crippen molar-refractivity contribution in [1.29, 1.82) is 5.26 Å². The van der Waals surface area contributed by atoms with Crippen molar-refractivity contribution >= 4 is 62.7 Å². The quantitative estimate of drug-likeness (QED) is 0.155. The van der Waals surface area contributed by atoms with Crippen LogP contribution in [0.5, 0.6) is 0 Å². The maximum atomic E-state index is 13.2. The predicted molar refractivity (Wildman–Crippen MR) is 161 cm³/mol. The molecule has 8 heteroatoms. The van der Waals surface area contributed by atoms with Gasteiger partial charge in [-0.25, -0.2) is 0 Å². The molecule has 0 aliphatic carbocycles. The van der Waals surface area contributed by atoms with Gasteiger partial charge in [-0.15, -0.1) is 23.1 Å². The first-order chi connectivity index (χ1) is 18.0. The van der Waals surface area contributed by atoms with Crippen molar-refractivity contribution in [2.75, 3.05) is 16.0 Å².